The second-order valence-corrected chi connectivity index (χ2v) is 4.39. The van der Waals surface area contributed by atoms with Gasteiger partial charge >= 0.3 is 6.03 Å². The van der Waals surface area contributed by atoms with E-state index < -0.39 is 5.60 Å². The molecule has 0 saturated carbocycles. The second kappa shape index (κ2) is 6.26. The number of aliphatic hydroxyl groups is 1. The van der Waals surface area contributed by atoms with Crippen molar-refractivity contribution in [2.45, 2.75) is 25.9 Å². The number of hydrogen-bond donors (Lipinski definition) is 3. The first-order valence-corrected chi connectivity index (χ1v) is 5.88. The topological polar surface area (TPSA) is 70.6 Å². The van der Waals surface area contributed by atoms with Crippen LogP contribution in [0.15, 0.2) is 24.3 Å². The third kappa shape index (κ3) is 4.63. The molecule has 0 bridgehead atoms. The van der Waals surface area contributed by atoms with Crippen LogP contribution in [-0.4, -0.2) is 30.4 Å². The lowest BCUT2D eigenvalue weighted by atomic mass is 10.0. The smallest absolute Gasteiger partial charge is 0.319 e. The zero-order chi connectivity index (χ0) is 13.6. The van der Waals surface area contributed by atoms with Gasteiger partial charge in [0.2, 0.25) is 0 Å². The minimum Gasteiger partial charge on any atom is -0.497 e. The largest absolute Gasteiger partial charge is 0.497 e. The van der Waals surface area contributed by atoms with E-state index in [0.717, 1.165) is 0 Å². The first kappa shape index (κ1) is 14.3. The van der Waals surface area contributed by atoms with Crippen molar-refractivity contribution in [1.82, 2.24) is 5.32 Å². The van der Waals surface area contributed by atoms with E-state index >= 15 is 0 Å². The number of ether oxygens (including phenoxy) is 1. The maximum Gasteiger partial charge on any atom is 0.319 e. The van der Waals surface area contributed by atoms with Gasteiger partial charge in [0.1, 0.15) is 5.75 Å². The van der Waals surface area contributed by atoms with E-state index in [1.54, 1.807) is 38.3 Å². The van der Waals surface area contributed by atoms with Crippen molar-refractivity contribution in [1.29, 1.82) is 0 Å². The number of anilines is 1. The maximum atomic E-state index is 11.6. The lowest BCUT2D eigenvalue weighted by Gasteiger charge is -2.21. The Hall–Kier alpha value is -1.75. The highest BCUT2D eigenvalue weighted by Crippen LogP contribution is 2.16. The number of carbonyl (C=O) groups excluding carboxylic acids is 1. The number of carbonyl (C=O) groups is 1. The molecule has 0 aromatic heterocycles. The van der Waals surface area contributed by atoms with E-state index in [0.29, 0.717) is 17.9 Å². The summed E-state index contributed by atoms with van der Waals surface area (Å²) < 4.78 is 5.06. The van der Waals surface area contributed by atoms with Crippen LogP contribution in [0.1, 0.15) is 20.3 Å². The molecule has 0 radical (unpaired) electrons. The standard InChI is InChI=1S/C13H20N2O3/c1-4-13(2,17)9-14-12(16)15-10-6-5-7-11(8-10)18-3/h5-8,17H,4,9H2,1-3H3,(H2,14,15,16)/t13-/m0/s1. The Kier molecular flexibility index (Phi) is 4.97. The van der Waals surface area contributed by atoms with Crippen LogP contribution < -0.4 is 15.4 Å². The van der Waals surface area contributed by atoms with E-state index in [-0.39, 0.29) is 12.6 Å². The summed E-state index contributed by atoms with van der Waals surface area (Å²) in [6.07, 6.45) is 0.576. The molecule has 5 nitrogen and oxygen atoms in total. The molecule has 100 valence electrons. The van der Waals surface area contributed by atoms with Crippen LogP contribution in [0.2, 0.25) is 0 Å². The van der Waals surface area contributed by atoms with Crippen molar-refractivity contribution >= 4 is 11.7 Å². The van der Waals surface area contributed by atoms with Gasteiger partial charge < -0.3 is 20.5 Å². The number of rotatable bonds is 5. The molecule has 0 heterocycles. The van der Waals surface area contributed by atoms with Crippen molar-refractivity contribution in [3.05, 3.63) is 24.3 Å². The average molecular weight is 252 g/mol. The monoisotopic (exact) mass is 252 g/mol. The molecule has 1 rings (SSSR count). The molecule has 0 spiro atoms. The Bertz CT molecular complexity index is 405. The van der Waals surface area contributed by atoms with Crippen LogP contribution in [0.5, 0.6) is 5.75 Å². The molecular weight excluding hydrogens is 232 g/mol. The summed E-state index contributed by atoms with van der Waals surface area (Å²) in [7, 11) is 1.57. The molecule has 0 aliphatic carbocycles. The number of hydrogen-bond acceptors (Lipinski definition) is 3. The Balaban J connectivity index is 2.49. The zero-order valence-electron chi connectivity index (χ0n) is 11.0. The van der Waals surface area contributed by atoms with E-state index in [1.807, 2.05) is 6.92 Å². The third-order valence-electron chi connectivity index (χ3n) is 2.72. The quantitative estimate of drug-likeness (QED) is 0.750. The Labute approximate surface area is 107 Å². The molecule has 5 heteroatoms. The third-order valence-corrected chi connectivity index (χ3v) is 2.72. The van der Waals surface area contributed by atoms with Gasteiger partial charge in [-0.3, -0.25) is 0 Å². The molecule has 2 amide bonds. The highest BCUT2D eigenvalue weighted by atomic mass is 16.5. The number of nitrogens with one attached hydrogen (secondary N) is 2. The number of amides is 2. The lowest BCUT2D eigenvalue weighted by Crippen LogP contribution is -2.41. The Morgan fingerprint density at radius 2 is 2.22 bits per heavy atom. The summed E-state index contributed by atoms with van der Waals surface area (Å²) in [5.41, 5.74) is -0.242. The number of urea groups is 1. The molecule has 0 unspecified atom stereocenters. The lowest BCUT2D eigenvalue weighted by molar-refractivity contribution is 0.0587. The predicted molar refractivity (Wildman–Crippen MR) is 70.9 cm³/mol. The summed E-state index contributed by atoms with van der Waals surface area (Å²) in [5.74, 6) is 0.674. The fourth-order valence-corrected chi connectivity index (χ4v) is 1.27. The highest BCUT2D eigenvalue weighted by molar-refractivity contribution is 5.89. The van der Waals surface area contributed by atoms with Gasteiger partial charge in [0.05, 0.1) is 12.7 Å². The van der Waals surface area contributed by atoms with Gasteiger partial charge in [-0.05, 0) is 25.5 Å². The highest BCUT2D eigenvalue weighted by Gasteiger charge is 2.18. The summed E-state index contributed by atoms with van der Waals surface area (Å²) in [4.78, 5) is 11.6. The summed E-state index contributed by atoms with van der Waals surface area (Å²) in [6, 6.07) is 6.72. The minimum atomic E-state index is -0.883. The first-order chi connectivity index (χ1) is 8.46. The Morgan fingerprint density at radius 1 is 1.50 bits per heavy atom. The van der Waals surface area contributed by atoms with Crippen LogP contribution in [0.25, 0.3) is 0 Å². The van der Waals surface area contributed by atoms with Gasteiger partial charge in [0.25, 0.3) is 0 Å². The van der Waals surface area contributed by atoms with E-state index in [4.69, 9.17) is 4.74 Å². The normalized spacial score (nSPS) is 13.6. The first-order valence-electron chi connectivity index (χ1n) is 5.88. The maximum absolute atomic E-state index is 11.6. The average Bonchev–Trinajstić information content (AvgIpc) is 2.37. The van der Waals surface area contributed by atoms with Gasteiger partial charge in [-0.15, -0.1) is 0 Å². The fraction of sp³-hybridized carbons (Fsp3) is 0.462. The molecule has 0 saturated heterocycles. The van der Waals surface area contributed by atoms with Crippen LogP contribution in [0.4, 0.5) is 10.5 Å². The van der Waals surface area contributed by atoms with Crippen molar-refractivity contribution in [3.63, 3.8) is 0 Å². The SMILES string of the molecule is CC[C@](C)(O)CNC(=O)Nc1cccc(OC)c1. The van der Waals surface area contributed by atoms with Crippen molar-refractivity contribution in [2.75, 3.05) is 19.0 Å². The van der Waals surface area contributed by atoms with Crippen LogP contribution in [0.3, 0.4) is 0 Å². The van der Waals surface area contributed by atoms with E-state index in [9.17, 15) is 9.90 Å². The molecule has 1 aromatic rings. The van der Waals surface area contributed by atoms with Crippen molar-refractivity contribution in [3.8, 4) is 5.75 Å². The van der Waals surface area contributed by atoms with Gasteiger partial charge in [-0.2, -0.15) is 0 Å². The molecule has 0 aliphatic rings. The number of benzene rings is 1. The predicted octanol–water partition coefficient (Wildman–Crippen LogP) is 1.98. The van der Waals surface area contributed by atoms with Crippen LogP contribution in [-0.2, 0) is 0 Å². The van der Waals surface area contributed by atoms with Gasteiger partial charge in [-0.25, -0.2) is 4.79 Å². The summed E-state index contributed by atoms with van der Waals surface area (Å²) in [5, 5.41) is 15.0. The molecule has 1 atom stereocenters. The molecule has 18 heavy (non-hydrogen) atoms. The Morgan fingerprint density at radius 3 is 2.83 bits per heavy atom. The fourth-order valence-electron chi connectivity index (χ4n) is 1.27. The molecular formula is C13H20N2O3. The van der Waals surface area contributed by atoms with E-state index in [2.05, 4.69) is 10.6 Å². The van der Waals surface area contributed by atoms with Crippen molar-refractivity contribution in [2.24, 2.45) is 0 Å². The molecule has 0 fully saturated rings. The van der Waals surface area contributed by atoms with Crippen LogP contribution >= 0.6 is 0 Å². The van der Waals surface area contributed by atoms with Gasteiger partial charge in [0, 0.05) is 18.3 Å². The molecule has 3 N–H and O–H groups in total. The molecule has 1 aromatic carbocycles. The van der Waals surface area contributed by atoms with Crippen LogP contribution in [0, 0.1) is 0 Å². The van der Waals surface area contributed by atoms with Crippen molar-refractivity contribution < 1.29 is 14.6 Å². The minimum absolute atomic E-state index is 0.208. The zero-order valence-corrected chi connectivity index (χ0v) is 11.0. The van der Waals surface area contributed by atoms with Gasteiger partial charge in [-0.1, -0.05) is 13.0 Å². The second-order valence-electron chi connectivity index (χ2n) is 4.39. The summed E-state index contributed by atoms with van der Waals surface area (Å²) >= 11 is 0. The molecule has 0 aliphatic heterocycles. The van der Waals surface area contributed by atoms with Gasteiger partial charge in [0.15, 0.2) is 0 Å². The number of methoxy groups -OCH3 is 1. The van der Waals surface area contributed by atoms with E-state index in [1.165, 1.54) is 0 Å². The summed E-state index contributed by atoms with van der Waals surface area (Å²) in [6.45, 7) is 3.75.